The minimum atomic E-state index is -4.55. The summed E-state index contributed by atoms with van der Waals surface area (Å²) in [6.45, 7) is 0.257. The molecule has 0 heterocycles. The van der Waals surface area contributed by atoms with Crippen molar-refractivity contribution in [1.29, 1.82) is 5.26 Å². The average Bonchev–Trinajstić information content (AvgIpc) is 2.35. The number of hydrogen-bond donors (Lipinski definition) is 1. The van der Waals surface area contributed by atoms with Crippen LogP contribution in [0.1, 0.15) is 5.56 Å². The topological polar surface area (TPSA) is 96.6 Å². The SMILES string of the molecule is N#CSC[C@H](COCc1ccccc1)OS(=O)(=O)O. The highest BCUT2D eigenvalue weighted by molar-refractivity contribution is 8.03. The van der Waals surface area contributed by atoms with Gasteiger partial charge in [-0.3, -0.25) is 4.55 Å². The molecule has 104 valence electrons. The lowest BCUT2D eigenvalue weighted by molar-refractivity contribution is 0.0489. The van der Waals surface area contributed by atoms with Crippen LogP contribution in [0.4, 0.5) is 0 Å². The first kappa shape index (κ1) is 15.9. The highest BCUT2D eigenvalue weighted by Crippen LogP contribution is 2.09. The van der Waals surface area contributed by atoms with E-state index in [2.05, 4.69) is 4.18 Å². The van der Waals surface area contributed by atoms with Crippen LogP contribution < -0.4 is 0 Å². The molecule has 0 aliphatic rings. The van der Waals surface area contributed by atoms with Crippen molar-refractivity contribution in [2.75, 3.05) is 12.4 Å². The molecule has 0 fully saturated rings. The molecule has 19 heavy (non-hydrogen) atoms. The number of nitrogens with zero attached hydrogens (tertiary/aromatic N) is 1. The van der Waals surface area contributed by atoms with Crippen molar-refractivity contribution in [1.82, 2.24) is 0 Å². The molecule has 0 aliphatic carbocycles. The van der Waals surface area contributed by atoms with Gasteiger partial charge in [0.2, 0.25) is 0 Å². The summed E-state index contributed by atoms with van der Waals surface area (Å²) in [5, 5.41) is 10.2. The lowest BCUT2D eigenvalue weighted by Gasteiger charge is -2.13. The fourth-order valence-electron chi connectivity index (χ4n) is 1.29. The van der Waals surface area contributed by atoms with Gasteiger partial charge in [0, 0.05) is 5.75 Å². The standard InChI is InChI=1S/C11H13NO5S2/c12-9-18-8-11(17-19(13,14)15)7-16-6-10-4-2-1-3-5-10/h1-5,11H,6-8H2,(H,13,14,15)/t11-/m0/s1. The third-order valence-electron chi connectivity index (χ3n) is 2.01. The normalized spacial score (nSPS) is 12.8. The third-order valence-corrected chi connectivity index (χ3v) is 3.19. The van der Waals surface area contributed by atoms with E-state index in [0.717, 1.165) is 17.3 Å². The molecule has 1 rings (SSSR count). The summed E-state index contributed by atoms with van der Waals surface area (Å²) in [5.41, 5.74) is 0.932. The van der Waals surface area contributed by atoms with Crippen LogP contribution in [-0.2, 0) is 25.9 Å². The molecule has 0 saturated heterocycles. The Kier molecular flexibility index (Phi) is 6.83. The van der Waals surface area contributed by atoms with Crippen molar-refractivity contribution in [2.24, 2.45) is 0 Å². The maximum atomic E-state index is 10.6. The van der Waals surface area contributed by atoms with Crippen molar-refractivity contribution in [3.8, 4) is 5.40 Å². The van der Waals surface area contributed by atoms with Gasteiger partial charge in [-0.2, -0.15) is 13.7 Å². The van der Waals surface area contributed by atoms with Crippen molar-refractivity contribution < 1.29 is 21.9 Å². The number of thiocyanates is 1. The second-order valence-corrected chi connectivity index (χ2v) is 5.40. The molecule has 1 aromatic rings. The minimum absolute atomic E-state index is 0.0383. The van der Waals surface area contributed by atoms with Gasteiger partial charge in [0.15, 0.2) is 0 Å². The highest BCUT2D eigenvalue weighted by Gasteiger charge is 2.17. The molecule has 0 radical (unpaired) electrons. The Bertz CT molecular complexity index is 512. The predicted octanol–water partition coefficient (Wildman–Crippen LogP) is 1.61. The Labute approximate surface area is 116 Å². The maximum Gasteiger partial charge on any atom is 0.397 e. The summed E-state index contributed by atoms with van der Waals surface area (Å²) < 4.78 is 39.6. The van der Waals surface area contributed by atoms with Crippen molar-refractivity contribution >= 4 is 22.2 Å². The van der Waals surface area contributed by atoms with Crippen LogP contribution in [0.3, 0.4) is 0 Å². The first-order valence-corrected chi connectivity index (χ1v) is 7.64. The zero-order valence-corrected chi connectivity index (χ0v) is 11.6. The number of hydrogen-bond acceptors (Lipinski definition) is 6. The number of ether oxygens (including phenoxy) is 1. The van der Waals surface area contributed by atoms with Gasteiger partial charge in [-0.1, -0.05) is 30.3 Å². The number of nitriles is 1. The van der Waals surface area contributed by atoms with E-state index >= 15 is 0 Å². The van der Waals surface area contributed by atoms with Gasteiger partial charge in [0.05, 0.1) is 13.2 Å². The minimum Gasteiger partial charge on any atom is -0.374 e. The van der Waals surface area contributed by atoms with E-state index < -0.39 is 16.5 Å². The molecule has 0 saturated carbocycles. The van der Waals surface area contributed by atoms with E-state index in [4.69, 9.17) is 14.6 Å². The van der Waals surface area contributed by atoms with Gasteiger partial charge in [0.1, 0.15) is 11.5 Å². The lowest BCUT2D eigenvalue weighted by Crippen LogP contribution is -2.25. The van der Waals surface area contributed by atoms with Gasteiger partial charge >= 0.3 is 10.4 Å². The van der Waals surface area contributed by atoms with E-state index in [0.29, 0.717) is 6.61 Å². The van der Waals surface area contributed by atoms with Crippen molar-refractivity contribution in [3.05, 3.63) is 35.9 Å². The summed E-state index contributed by atoms with van der Waals surface area (Å²) >= 11 is 0.828. The van der Waals surface area contributed by atoms with E-state index in [1.54, 1.807) is 5.40 Å². The molecule has 1 aromatic carbocycles. The van der Waals surface area contributed by atoms with Gasteiger partial charge in [-0.25, -0.2) is 4.18 Å². The average molecular weight is 303 g/mol. The zero-order chi connectivity index (χ0) is 14.1. The number of thioether (sulfide) groups is 1. The molecule has 0 aliphatic heterocycles. The Morgan fingerprint density at radius 3 is 2.63 bits per heavy atom. The number of benzene rings is 1. The molecule has 0 spiro atoms. The summed E-state index contributed by atoms with van der Waals surface area (Å²) in [6, 6.07) is 9.31. The van der Waals surface area contributed by atoms with E-state index in [9.17, 15) is 8.42 Å². The quantitative estimate of drug-likeness (QED) is 0.575. The van der Waals surface area contributed by atoms with E-state index in [-0.39, 0.29) is 12.4 Å². The van der Waals surface area contributed by atoms with Crippen LogP contribution in [0.25, 0.3) is 0 Å². The highest BCUT2D eigenvalue weighted by atomic mass is 32.3. The Morgan fingerprint density at radius 2 is 2.05 bits per heavy atom. The summed E-state index contributed by atoms with van der Waals surface area (Å²) in [5.74, 6) is 0.0884. The maximum absolute atomic E-state index is 10.6. The van der Waals surface area contributed by atoms with Gasteiger partial charge in [-0.05, 0) is 17.3 Å². The monoisotopic (exact) mass is 303 g/mol. The fraction of sp³-hybridized carbons (Fsp3) is 0.364. The van der Waals surface area contributed by atoms with E-state index in [1.807, 2.05) is 30.3 Å². The first-order chi connectivity index (χ1) is 9.01. The molecular formula is C11H13NO5S2. The Morgan fingerprint density at radius 1 is 1.37 bits per heavy atom. The van der Waals surface area contributed by atoms with Crippen LogP contribution in [0.15, 0.2) is 30.3 Å². The van der Waals surface area contributed by atoms with Gasteiger partial charge in [-0.15, -0.1) is 0 Å². The molecule has 8 heteroatoms. The summed E-state index contributed by atoms with van der Waals surface area (Å²) in [4.78, 5) is 0. The fourth-order valence-corrected chi connectivity index (χ4v) is 2.27. The van der Waals surface area contributed by atoms with Gasteiger partial charge < -0.3 is 4.74 Å². The first-order valence-electron chi connectivity index (χ1n) is 5.29. The summed E-state index contributed by atoms with van der Waals surface area (Å²) in [6.07, 6.45) is -0.900. The van der Waals surface area contributed by atoms with Crippen LogP contribution in [0, 0.1) is 10.7 Å². The van der Waals surface area contributed by atoms with Gasteiger partial charge in [0.25, 0.3) is 0 Å². The molecule has 0 bridgehead atoms. The molecule has 0 unspecified atom stereocenters. The van der Waals surface area contributed by atoms with Crippen molar-refractivity contribution in [2.45, 2.75) is 12.7 Å². The third kappa shape index (κ3) is 7.81. The van der Waals surface area contributed by atoms with Crippen LogP contribution in [0.2, 0.25) is 0 Å². The van der Waals surface area contributed by atoms with Crippen LogP contribution in [0.5, 0.6) is 0 Å². The van der Waals surface area contributed by atoms with E-state index in [1.165, 1.54) is 0 Å². The zero-order valence-electron chi connectivity index (χ0n) is 9.93. The molecule has 1 N–H and O–H groups in total. The predicted molar refractivity (Wildman–Crippen MR) is 70.6 cm³/mol. The number of rotatable bonds is 8. The molecular weight excluding hydrogens is 290 g/mol. The summed E-state index contributed by atoms with van der Waals surface area (Å²) in [7, 11) is -4.55. The largest absolute Gasteiger partial charge is 0.397 e. The molecule has 0 aromatic heterocycles. The van der Waals surface area contributed by atoms with Crippen LogP contribution in [-0.4, -0.2) is 31.4 Å². The van der Waals surface area contributed by atoms with Crippen molar-refractivity contribution in [3.63, 3.8) is 0 Å². The Balaban J connectivity index is 2.42. The second kappa shape index (κ2) is 8.14. The van der Waals surface area contributed by atoms with Crippen LogP contribution >= 0.6 is 11.8 Å². The molecule has 1 atom stereocenters. The molecule has 0 amide bonds. The molecule has 6 nitrogen and oxygen atoms in total. The lowest BCUT2D eigenvalue weighted by atomic mass is 10.2. The smallest absolute Gasteiger partial charge is 0.374 e. The second-order valence-electron chi connectivity index (χ2n) is 3.55. The Hall–Kier alpha value is -1.11.